The van der Waals surface area contributed by atoms with Crippen molar-refractivity contribution in [3.8, 4) is 6.07 Å². The van der Waals surface area contributed by atoms with Crippen LogP contribution in [0.15, 0.2) is 11.6 Å². The Kier molecular flexibility index (Phi) is 2.47. The lowest BCUT2D eigenvalue weighted by molar-refractivity contribution is 0.345. The molecule has 0 aliphatic carbocycles. The van der Waals surface area contributed by atoms with E-state index in [4.69, 9.17) is 5.26 Å². The van der Waals surface area contributed by atoms with E-state index in [0.717, 1.165) is 25.9 Å². The Morgan fingerprint density at radius 2 is 2.10 bits per heavy atom. The summed E-state index contributed by atoms with van der Waals surface area (Å²) < 4.78 is 0. The minimum atomic E-state index is 0.994. The molecule has 1 aliphatic rings. The zero-order valence-electron chi connectivity index (χ0n) is 6.01. The summed E-state index contributed by atoms with van der Waals surface area (Å²) in [5.41, 5.74) is 1.27. The monoisotopic (exact) mass is 135 g/mol. The van der Waals surface area contributed by atoms with Gasteiger partial charge in [0.2, 0.25) is 0 Å². The molecule has 2 heteroatoms. The summed E-state index contributed by atoms with van der Waals surface area (Å²) in [5.74, 6) is 0. The highest BCUT2D eigenvalue weighted by atomic mass is 15.1. The molecule has 1 rings (SSSR count). The molecule has 0 aromatic heterocycles. The maximum atomic E-state index is 8.33. The van der Waals surface area contributed by atoms with Gasteiger partial charge in [-0.15, -0.1) is 0 Å². The first-order chi connectivity index (χ1) is 4.83. The van der Waals surface area contributed by atoms with Gasteiger partial charge in [-0.3, -0.25) is 0 Å². The van der Waals surface area contributed by atoms with E-state index < -0.39 is 0 Å². The summed E-state index contributed by atoms with van der Waals surface area (Å²) in [5, 5.41) is 8.33. The van der Waals surface area contributed by atoms with Crippen molar-refractivity contribution in [2.75, 3.05) is 13.1 Å². The van der Waals surface area contributed by atoms with Gasteiger partial charge in [-0.25, -0.2) is 0 Å². The summed E-state index contributed by atoms with van der Waals surface area (Å²) in [6.07, 6.45) is 3.68. The van der Waals surface area contributed by atoms with Gasteiger partial charge in [0.15, 0.2) is 0 Å². The average Bonchev–Trinajstić information content (AvgIpc) is 1.95. The molecular weight excluding hydrogens is 124 g/mol. The maximum absolute atomic E-state index is 8.33. The van der Waals surface area contributed by atoms with Crippen molar-refractivity contribution in [2.24, 2.45) is 0 Å². The third-order valence-electron chi connectivity index (χ3n) is 1.77. The Balaban J connectivity index is 2.42. The molecule has 2 nitrogen and oxygen atoms in total. The van der Waals surface area contributed by atoms with Crippen molar-refractivity contribution in [1.82, 2.24) is 4.90 Å². The lowest BCUT2D eigenvalue weighted by Gasteiger charge is -2.22. The van der Waals surface area contributed by atoms with Gasteiger partial charge in [0, 0.05) is 26.2 Å². The molecule has 0 unspecified atom stereocenters. The van der Waals surface area contributed by atoms with Crippen LogP contribution in [0.3, 0.4) is 0 Å². The van der Waals surface area contributed by atoms with E-state index in [2.05, 4.69) is 13.1 Å². The lowest BCUT2D eigenvalue weighted by Crippen LogP contribution is -2.24. The van der Waals surface area contributed by atoms with Crippen LogP contribution >= 0.6 is 0 Å². The molecule has 53 valence electrons. The molecule has 1 saturated heterocycles. The Morgan fingerprint density at radius 3 is 2.60 bits per heavy atom. The molecule has 10 heavy (non-hydrogen) atoms. The standard InChI is InChI=1S/C8H11N2/c1-10-6-3-8(2-5-9)4-7-10/h2H,1,3-4,6-7H2. The van der Waals surface area contributed by atoms with Crippen LogP contribution in [0.2, 0.25) is 0 Å². The molecule has 1 radical (unpaired) electrons. The Labute approximate surface area is 61.8 Å². The van der Waals surface area contributed by atoms with Crippen LogP contribution in [0.5, 0.6) is 0 Å². The van der Waals surface area contributed by atoms with Gasteiger partial charge >= 0.3 is 0 Å². The molecule has 0 aromatic rings. The largest absolute Gasteiger partial charge is 0.301 e. The van der Waals surface area contributed by atoms with Crippen LogP contribution in [-0.2, 0) is 0 Å². The fourth-order valence-electron chi connectivity index (χ4n) is 1.08. The normalized spacial score (nSPS) is 20.2. The second kappa shape index (κ2) is 3.38. The van der Waals surface area contributed by atoms with Crippen LogP contribution in [0.4, 0.5) is 0 Å². The smallest absolute Gasteiger partial charge is 0.0911 e. The zero-order valence-corrected chi connectivity index (χ0v) is 6.01. The average molecular weight is 135 g/mol. The molecular formula is C8H11N2. The van der Waals surface area contributed by atoms with Gasteiger partial charge in [-0.1, -0.05) is 5.57 Å². The second-order valence-electron chi connectivity index (χ2n) is 2.55. The third kappa shape index (κ3) is 1.85. The fourth-order valence-corrected chi connectivity index (χ4v) is 1.08. The number of hydrogen-bond donors (Lipinski definition) is 0. The lowest BCUT2D eigenvalue weighted by atomic mass is 10.0. The van der Waals surface area contributed by atoms with Crippen LogP contribution in [0.1, 0.15) is 12.8 Å². The number of piperidine rings is 1. The van der Waals surface area contributed by atoms with Crippen molar-refractivity contribution >= 4 is 0 Å². The van der Waals surface area contributed by atoms with E-state index in [1.165, 1.54) is 5.57 Å². The first kappa shape index (κ1) is 7.30. The van der Waals surface area contributed by atoms with E-state index in [1.54, 1.807) is 6.08 Å². The van der Waals surface area contributed by atoms with Crippen LogP contribution in [0.25, 0.3) is 0 Å². The molecule has 0 aromatic carbocycles. The highest BCUT2D eigenvalue weighted by molar-refractivity contribution is 5.15. The summed E-state index contributed by atoms with van der Waals surface area (Å²) in [6.45, 7) is 1.99. The third-order valence-corrected chi connectivity index (χ3v) is 1.77. The molecule has 0 N–H and O–H groups in total. The Morgan fingerprint density at radius 1 is 1.50 bits per heavy atom. The minimum absolute atomic E-state index is 0.994. The molecule has 1 fully saturated rings. The highest BCUT2D eigenvalue weighted by Crippen LogP contribution is 2.13. The van der Waals surface area contributed by atoms with E-state index in [9.17, 15) is 0 Å². The Bertz CT molecular complexity index is 166. The summed E-state index contributed by atoms with van der Waals surface area (Å²) in [6, 6.07) is 2.05. The molecule has 0 bridgehead atoms. The van der Waals surface area contributed by atoms with Crippen molar-refractivity contribution < 1.29 is 0 Å². The van der Waals surface area contributed by atoms with E-state index in [-0.39, 0.29) is 0 Å². The van der Waals surface area contributed by atoms with Gasteiger partial charge < -0.3 is 4.90 Å². The number of nitriles is 1. The fraction of sp³-hybridized carbons (Fsp3) is 0.500. The van der Waals surface area contributed by atoms with Gasteiger partial charge in [0.1, 0.15) is 0 Å². The quantitative estimate of drug-likeness (QED) is 0.468. The molecule has 0 amide bonds. The topological polar surface area (TPSA) is 27.0 Å². The minimum Gasteiger partial charge on any atom is -0.301 e. The van der Waals surface area contributed by atoms with Crippen LogP contribution in [-0.4, -0.2) is 18.0 Å². The number of nitrogens with zero attached hydrogens (tertiary/aromatic N) is 2. The predicted molar refractivity (Wildman–Crippen MR) is 39.9 cm³/mol. The summed E-state index contributed by atoms with van der Waals surface area (Å²) >= 11 is 0. The summed E-state index contributed by atoms with van der Waals surface area (Å²) in [4.78, 5) is 2.04. The first-order valence-electron chi connectivity index (χ1n) is 3.46. The molecule has 1 heterocycles. The molecule has 1 aliphatic heterocycles. The molecule has 0 atom stereocenters. The Hall–Kier alpha value is -0.810. The van der Waals surface area contributed by atoms with E-state index in [0.29, 0.717) is 0 Å². The predicted octanol–water partition coefficient (Wildman–Crippen LogP) is 1.32. The first-order valence-corrected chi connectivity index (χ1v) is 3.46. The zero-order chi connectivity index (χ0) is 7.40. The highest BCUT2D eigenvalue weighted by Gasteiger charge is 2.08. The summed E-state index contributed by atoms with van der Waals surface area (Å²) in [7, 11) is 3.82. The van der Waals surface area contributed by atoms with Crippen molar-refractivity contribution in [1.29, 1.82) is 5.26 Å². The molecule has 0 spiro atoms. The van der Waals surface area contributed by atoms with Crippen molar-refractivity contribution in [3.63, 3.8) is 0 Å². The van der Waals surface area contributed by atoms with E-state index >= 15 is 0 Å². The van der Waals surface area contributed by atoms with Gasteiger partial charge in [0.25, 0.3) is 0 Å². The van der Waals surface area contributed by atoms with Crippen molar-refractivity contribution in [2.45, 2.75) is 12.8 Å². The number of allylic oxidation sites excluding steroid dienone is 1. The van der Waals surface area contributed by atoms with Gasteiger partial charge in [0.05, 0.1) is 6.07 Å². The van der Waals surface area contributed by atoms with Crippen LogP contribution < -0.4 is 0 Å². The van der Waals surface area contributed by atoms with E-state index in [1.807, 2.05) is 4.90 Å². The van der Waals surface area contributed by atoms with Gasteiger partial charge in [-0.05, 0) is 12.8 Å². The van der Waals surface area contributed by atoms with Crippen LogP contribution in [0, 0.1) is 18.4 Å². The number of hydrogen-bond acceptors (Lipinski definition) is 2. The SMILES string of the molecule is [CH2]N1CCC(=CC#N)CC1. The van der Waals surface area contributed by atoms with Gasteiger partial charge in [-0.2, -0.15) is 5.26 Å². The number of rotatable bonds is 0. The second-order valence-corrected chi connectivity index (χ2v) is 2.55. The van der Waals surface area contributed by atoms with Crippen molar-refractivity contribution in [3.05, 3.63) is 18.7 Å². The number of likely N-dealkylation sites (tertiary alicyclic amines) is 1. The maximum Gasteiger partial charge on any atom is 0.0911 e. The molecule has 0 saturated carbocycles.